The largest absolute Gasteiger partial charge is 0.466 e. The minimum Gasteiger partial charge on any atom is -0.466 e. The summed E-state index contributed by atoms with van der Waals surface area (Å²) in [4.78, 5) is 22.3. The summed E-state index contributed by atoms with van der Waals surface area (Å²) in [6.07, 6.45) is 0. The van der Waals surface area contributed by atoms with E-state index in [1.165, 1.54) is 0 Å². The molecule has 0 fully saturated rings. The number of carbonyl (C=O) groups is 2. The maximum Gasteiger partial charge on any atom is 0.293 e. The summed E-state index contributed by atoms with van der Waals surface area (Å²) in [5, 5.41) is 2.79. The molecule has 1 N–H and O–H groups in total. The highest BCUT2D eigenvalue weighted by molar-refractivity contribution is 5.95. The lowest BCUT2D eigenvalue weighted by Gasteiger charge is -2.13. The zero-order valence-electron chi connectivity index (χ0n) is 11.8. The molecule has 108 valence electrons. The summed E-state index contributed by atoms with van der Waals surface area (Å²) in [7, 11) is 0. The quantitative estimate of drug-likeness (QED) is 0.829. The first-order valence-electron chi connectivity index (χ1n) is 6.72. The second-order valence-electron chi connectivity index (χ2n) is 4.75. The lowest BCUT2D eigenvalue weighted by atomic mass is 10.0. The summed E-state index contributed by atoms with van der Waals surface area (Å²) in [5.41, 5.74) is 2.62. The molecule has 0 spiro atoms. The second kappa shape index (κ2) is 7.24. The summed E-state index contributed by atoms with van der Waals surface area (Å²) in [6.45, 7) is 2.31. The molecule has 2 aromatic rings. The Bertz CT molecular complexity index is 610. The van der Waals surface area contributed by atoms with Gasteiger partial charge in [0.15, 0.2) is 0 Å². The molecule has 2 aromatic carbocycles. The normalized spacial score (nSPS) is 11.5. The second-order valence-corrected chi connectivity index (χ2v) is 4.75. The minimum atomic E-state index is -0.233. The van der Waals surface area contributed by atoms with Crippen molar-refractivity contribution in [2.45, 2.75) is 13.0 Å². The Labute approximate surface area is 123 Å². The van der Waals surface area contributed by atoms with Crippen molar-refractivity contribution in [2.24, 2.45) is 0 Å². The predicted molar refractivity (Wildman–Crippen MR) is 80.8 cm³/mol. The Balaban J connectivity index is 2.10. The third kappa shape index (κ3) is 4.18. The van der Waals surface area contributed by atoms with Crippen molar-refractivity contribution in [1.29, 1.82) is 0 Å². The number of hydrogen-bond donors (Lipinski definition) is 1. The topological polar surface area (TPSA) is 55.4 Å². The number of hydrogen-bond acceptors (Lipinski definition) is 3. The van der Waals surface area contributed by atoms with E-state index < -0.39 is 0 Å². The van der Waals surface area contributed by atoms with Crippen LogP contribution < -0.4 is 5.32 Å². The van der Waals surface area contributed by atoms with Crippen molar-refractivity contribution >= 4 is 12.4 Å². The van der Waals surface area contributed by atoms with Gasteiger partial charge in [-0.1, -0.05) is 42.5 Å². The van der Waals surface area contributed by atoms with E-state index in [1.807, 2.05) is 48.5 Å². The molecule has 0 aromatic heterocycles. The average molecular weight is 283 g/mol. The van der Waals surface area contributed by atoms with Gasteiger partial charge in [-0.15, -0.1) is 0 Å². The van der Waals surface area contributed by atoms with Crippen LogP contribution in [0.1, 0.15) is 17.3 Å². The molecule has 0 aliphatic carbocycles. The van der Waals surface area contributed by atoms with Gasteiger partial charge < -0.3 is 10.1 Å². The van der Waals surface area contributed by atoms with Gasteiger partial charge in [0.05, 0.1) is 6.04 Å². The molecule has 21 heavy (non-hydrogen) atoms. The van der Waals surface area contributed by atoms with Crippen LogP contribution in [-0.4, -0.2) is 25.0 Å². The molecular weight excluding hydrogens is 266 g/mol. The molecule has 1 unspecified atom stereocenters. The van der Waals surface area contributed by atoms with E-state index in [9.17, 15) is 9.59 Å². The lowest BCUT2D eigenvalue weighted by molar-refractivity contribution is -0.129. The van der Waals surface area contributed by atoms with E-state index in [0.717, 1.165) is 11.1 Å². The maximum atomic E-state index is 12.1. The Kier molecular flexibility index (Phi) is 5.10. The predicted octanol–water partition coefficient (Wildman–Crippen LogP) is 2.64. The van der Waals surface area contributed by atoms with Crippen molar-refractivity contribution in [2.75, 3.05) is 6.61 Å². The standard InChI is InChI=1S/C17H17NO3/c1-13(11-21-12-19)18-17(20)16-9-5-8-15(10-16)14-6-3-2-4-7-14/h2-10,12-13H,11H2,1H3,(H,18,20). The highest BCUT2D eigenvalue weighted by atomic mass is 16.5. The van der Waals surface area contributed by atoms with Crippen LogP contribution in [0.25, 0.3) is 11.1 Å². The number of amides is 1. The first-order valence-corrected chi connectivity index (χ1v) is 6.72. The van der Waals surface area contributed by atoms with Crippen LogP contribution >= 0.6 is 0 Å². The molecule has 4 nitrogen and oxygen atoms in total. The number of benzene rings is 2. The molecule has 0 heterocycles. The van der Waals surface area contributed by atoms with Crippen LogP contribution in [0, 0.1) is 0 Å². The Morgan fingerprint density at radius 2 is 1.86 bits per heavy atom. The number of carbonyl (C=O) groups excluding carboxylic acids is 2. The fraction of sp³-hybridized carbons (Fsp3) is 0.176. The highest BCUT2D eigenvalue weighted by Gasteiger charge is 2.10. The molecule has 0 radical (unpaired) electrons. The first-order chi connectivity index (χ1) is 10.2. The summed E-state index contributed by atoms with van der Waals surface area (Å²) in [5.74, 6) is -0.185. The molecule has 0 aliphatic rings. The molecule has 0 bridgehead atoms. The van der Waals surface area contributed by atoms with Gasteiger partial charge in [-0.3, -0.25) is 9.59 Å². The van der Waals surface area contributed by atoms with Gasteiger partial charge in [-0.05, 0) is 30.2 Å². The summed E-state index contributed by atoms with van der Waals surface area (Å²) < 4.78 is 4.63. The molecule has 0 aliphatic heterocycles. The molecule has 2 rings (SSSR count). The van der Waals surface area contributed by atoms with Crippen LogP contribution in [0.3, 0.4) is 0 Å². The van der Waals surface area contributed by atoms with Crippen molar-refractivity contribution < 1.29 is 14.3 Å². The van der Waals surface area contributed by atoms with Gasteiger partial charge in [0.25, 0.3) is 12.4 Å². The van der Waals surface area contributed by atoms with E-state index in [4.69, 9.17) is 0 Å². The fourth-order valence-corrected chi connectivity index (χ4v) is 2.00. The van der Waals surface area contributed by atoms with E-state index in [-0.39, 0.29) is 18.6 Å². The zero-order valence-corrected chi connectivity index (χ0v) is 11.8. The van der Waals surface area contributed by atoms with Crippen molar-refractivity contribution in [1.82, 2.24) is 5.32 Å². The minimum absolute atomic E-state index is 0.160. The van der Waals surface area contributed by atoms with Crippen LogP contribution in [0.2, 0.25) is 0 Å². The van der Waals surface area contributed by atoms with Crippen LogP contribution in [-0.2, 0) is 9.53 Å². The molecule has 1 atom stereocenters. The number of ether oxygens (including phenoxy) is 1. The number of nitrogens with one attached hydrogen (secondary N) is 1. The van der Waals surface area contributed by atoms with Crippen molar-refractivity contribution in [3.05, 3.63) is 60.2 Å². The molecule has 0 saturated heterocycles. The molecule has 0 saturated carbocycles. The van der Waals surface area contributed by atoms with Gasteiger partial charge in [-0.2, -0.15) is 0 Å². The number of rotatable bonds is 6. The monoisotopic (exact) mass is 283 g/mol. The van der Waals surface area contributed by atoms with E-state index in [0.29, 0.717) is 12.0 Å². The van der Waals surface area contributed by atoms with Gasteiger partial charge >= 0.3 is 0 Å². The average Bonchev–Trinajstić information content (AvgIpc) is 2.54. The molecule has 4 heteroatoms. The summed E-state index contributed by atoms with van der Waals surface area (Å²) in [6, 6.07) is 17.1. The van der Waals surface area contributed by atoms with Crippen molar-refractivity contribution in [3.63, 3.8) is 0 Å². The fourth-order valence-electron chi connectivity index (χ4n) is 2.00. The van der Waals surface area contributed by atoms with E-state index in [1.54, 1.807) is 13.0 Å². The Hall–Kier alpha value is -2.62. The van der Waals surface area contributed by atoms with Gasteiger partial charge in [0, 0.05) is 5.56 Å². The Morgan fingerprint density at radius 3 is 2.57 bits per heavy atom. The third-order valence-corrected chi connectivity index (χ3v) is 3.02. The van der Waals surface area contributed by atoms with E-state index >= 15 is 0 Å². The maximum absolute atomic E-state index is 12.1. The highest BCUT2D eigenvalue weighted by Crippen LogP contribution is 2.19. The van der Waals surface area contributed by atoms with Crippen LogP contribution in [0.5, 0.6) is 0 Å². The van der Waals surface area contributed by atoms with E-state index in [2.05, 4.69) is 10.1 Å². The van der Waals surface area contributed by atoms with Gasteiger partial charge in [0.1, 0.15) is 6.61 Å². The van der Waals surface area contributed by atoms with Gasteiger partial charge in [0.2, 0.25) is 0 Å². The zero-order chi connectivity index (χ0) is 15.1. The summed E-state index contributed by atoms with van der Waals surface area (Å²) >= 11 is 0. The van der Waals surface area contributed by atoms with Gasteiger partial charge in [-0.25, -0.2) is 0 Å². The first kappa shape index (κ1) is 14.8. The third-order valence-electron chi connectivity index (χ3n) is 3.02. The van der Waals surface area contributed by atoms with Crippen molar-refractivity contribution in [3.8, 4) is 11.1 Å². The van der Waals surface area contributed by atoms with Crippen LogP contribution in [0.4, 0.5) is 0 Å². The smallest absolute Gasteiger partial charge is 0.293 e. The SMILES string of the molecule is CC(COC=O)NC(=O)c1cccc(-c2ccccc2)c1. The Morgan fingerprint density at radius 1 is 1.14 bits per heavy atom. The molecule has 1 amide bonds. The lowest BCUT2D eigenvalue weighted by Crippen LogP contribution is -2.35. The molecular formula is C17H17NO3. The van der Waals surface area contributed by atoms with Crippen LogP contribution in [0.15, 0.2) is 54.6 Å².